The van der Waals surface area contributed by atoms with Crippen LogP contribution in [0.1, 0.15) is 10.4 Å². The molecule has 0 spiro atoms. The van der Waals surface area contributed by atoms with E-state index in [1.54, 1.807) is 0 Å². The Bertz CT molecular complexity index is 557. The van der Waals surface area contributed by atoms with E-state index in [-0.39, 0.29) is 0 Å². The molecule has 0 atom stereocenters. The van der Waals surface area contributed by atoms with E-state index >= 15 is 0 Å². The highest BCUT2D eigenvalue weighted by Crippen LogP contribution is 2.28. The number of carboxylic acid groups (broad SMARTS) is 1. The molecule has 0 aromatic carbocycles. The molecule has 1 aromatic rings. The summed E-state index contributed by atoms with van der Waals surface area (Å²) in [5.74, 6) is -5.32. The van der Waals surface area contributed by atoms with Gasteiger partial charge in [-0.25, -0.2) is 9.78 Å². The molecule has 0 bridgehead atoms. The lowest BCUT2D eigenvalue weighted by molar-refractivity contribution is -0.384. The number of halogens is 3. The first-order valence-corrected chi connectivity index (χ1v) is 4.39. The van der Waals surface area contributed by atoms with Gasteiger partial charge < -0.3 is 5.11 Å². The van der Waals surface area contributed by atoms with Crippen LogP contribution < -0.4 is 5.32 Å². The average Bonchev–Trinajstić information content (AvgIpc) is 2.26. The molecule has 0 saturated heterocycles. The second kappa shape index (κ2) is 4.88. The molecule has 0 aliphatic carbocycles. The number of hydrogen-bond acceptors (Lipinski definition) is 5. The molecule has 11 heteroatoms. The Kier molecular flexibility index (Phi) is 3.68. The summed E-state index contributed by atoms with van der Waals surface area (Å²) in [6.45, 7) is 0. The molecule has 0 aliphatic rings. The first-order chi connectivity index (χ1) is 8.64. The maximum absolute atomic E-state index is 12.0. The van der Waals surface area contributed by atoms with E-state index in [0.29, 0.717) is 0 Å². The third-order valence-electron chi connectivity index (χ3n) is 1.83. The Labute approximate surface area is 102 Å². The van der Waals surface area contributed by atoms with Crippen molar-refractivity contribution in [2.75, 3.05) is 5.32 Å². The molecule has 1 amide bonds. The number of anilines is 1. The Morgan fingerprint density at radius 2 is 2.00 bits per heavy atom. The number of amides is 1. The van der Waals surface area contributed by atoms with Gasteiger partial charge in [-0.1, -0.05) is 0 Å². The highest BCUT2D eigenvalue weighted by molar-refractivity contribution is 6.00. The predicted octanol–water partition coefficient (Wildman–Crippen LogP) is 1.19. The minimum Gasteiger partial charge on any atom is -0.477 e. The summed E-state index contributed by atoms with van der Waals surface area (Å²) in [6, 6.07) is 0.726. The number of rotatable bonds is 3. The van der Waals surface area contributed by atoms with Gasteiger partial charge in [-0.3, -0.25) is 20.2 Å². The fourth-order valence-electron chi connectivity index (χ4n) is 1.08. The number of nitro groups is 1. The Hall–Kier alpha value is -2.72. The van der Waals surface area contributed by atoms with Crippen molar-refractivity contribution in [3.63, 3.8) is 0 Å². The molecule has 0 fully saturated rings. The van der Waals surface area contributed by atoms with Crippen molar-refractivity contribution in [1.82, 2.24) is 4.98 Å². The van der Waals surface area contributed by atoms with E-state index < -0.39 is 40.0 Å². The molecule has 8 nitrogen and oxygen atoms in total. The predicted molar refractivity (Wildman–Crippen MR) is 52.5 cm³/mol. The Morgan fingerprint density at radius 1 is 1.42 bits per heavy atom. The maximum atomic E-state index is 12.0. The second-order valence-corrected chi connectivity index (χ2v) is 3.07. The normalized spacial score (nSPS) is 10.9. The zero-order chi connectivity index (χ0) is 14.8. The number of pyridine rings is 1. The summed E-state index contributed by atoms with van der Waals surface area (Å²) in [6.07, 6.45) is -4.56. The lowest BCUT2D eigenvalue weighted by atomic mass is 10.2. The average molecular weight is 279 g/mol. The highest BCUT2D eigenvalue weighted by atomic mass is 19.4. The molecular weight excluding hydrogens is 275 g/mol. The quantitative estimate of drug-likeness (QED) is 0.632. The highest BCUT2D eigenvalue weighted by Gasteiger charge is 2.40. The van der Waals surface area contributed by atoms with Gasteiger partial charge in [0.05, 0.1) is 4.92 Å². The number of aromatic nitrogens is 1. The van der Waals surface area contributed by atoms with E-state index in [1.807, 2.05) is 0 Å². The molecule has 0 aliphatic heterocycles. The topological polar surface area (TPSA) is 122 Å². The standard InChI is InChI=1S/C8H4F3N3O5/c9-8(10,11)7(17)13-5-4(14(18)19)3(6(15)16)1-2-12-5/h1-2H,(H,15,16)(H,12,13,17). The van der Waals surface area contributed by atoms with Crippen LogP contribution in [-0.2, 0) is 4.79 Å². The van der Waals surface area contributed by atoms with Crippen molar-refractivity contribution in [2.24, 2.45) is 0 Å². The van der Waals surface area contributed by atoms with Crippen molar-refractivity contribution in [3.05, 3.63) is 27.9 Å². The number of hydrogen-bond donors (Lipinski definition) is 2. The Morgan fingerprint density at radius 3 is 2.42 bits per heavy atom. The van der Waals surface area contributed by atoms with Crippen molar-refractivity contribution >= 4 is 23.4 Å². The zero-order valence-electron chi connectivity index (χ0n) is 8.76. The summed E-state index contributed by atoms with van der Waals surface area (Å²) in [5.41, 5.74) is -2.12. The smallest absolute Gasteiger partial charge is 0.471 e. The van der Waals surface area contributed by atoms with Crippen LogP contribution in [0.2, 0.25) is 0 Å². The molecule has 1 heterocycles. The number of carboxylic acids is 1. The number of carbonyl (C=O) groups excluding carboxylic acids is 1. The van der Waals surface area contributed by atoms with Crippen LogP contribution in [0.3, 0.4) is 0 Å². The Balaban J connectivity index is 3.29. The minimum absolute atomic E-state index is 0.725. The molecule has 0 radical (unpaired) electrons. The largest absolute Gasteiger partial charge is 0.477 e. The second-order valence-electron chi connectivity index (χ2n) is 3.07. The van der Waals surface area contributed by atoms with Gasteiger partial charge in [0.1, 0.15) is 5.56 Å². The summed E-state index contributed by atoms with van der Waals surface area (Å²) >= 11 is 0. The molecular formula is C8H4F3N3O5. The van der Waals surface area contributed by atoms with Crippen LogP contribution in [0.5, 0.6) is 0 Å². The van der Waals surface area contributed by atoms with Crippen molar-refractivity contribution in [2.45, 2.75) is 6.18 Å². The van der Waals surface area contributed by atoms with Gasteiger partial charge in [0.25, 0.3) is 0 Å². The minimum atomic E-state index is -5.28. The van der Waals surface area contributed by atoms with Gasteiger partial charge in [-0.2, -0.15) is 13.2 Å². The first-order valence-electron chi connectivity index (χ1n) is 4.39. The van der Waals surface area contributed by atoms with E-state index in [9.17, 15) is 32.9 Å². The van der Waals surface area contributed by atoms with E-state index in [4.69, 9.17) is 5.11 Å². The summed E-state index contributed by atoms with van der Waals surface area (Å²) in [5, 5.41) is 20.5. The van der Waals surface area contributed by atoms with E-state index in [2.05, 4.69) is 4.98 Å². The van der Waals surface area contributed by atoms with Crippen molar-refractivity contribution in [1.29, 1.82) is 0 Å². The van der Waals surface area contributed by atoms with Gasteiger partial charge in [0, 0.05) is 6.20 Å². The SMILES string of the molecule is O=C(O)c1ccnc(NC(=O)C(F)(F)F)c1[N+](=O)[O-]. The molecule has 102 valence electrons. The number of nitrogens with zero attached hydrogens (tertiary/aromatic N) is 2. The molecule has 2 N–H and O–H groups in total. The molecule has 0 saturated carbocycles. The van der Waals surface area contributed by atoms with Crippen LogP contribution in [0.25, 0.3) is 0 Å². The van der Waals surface area contributed by atoms with E-state index in [1.165, 1.54) is 0 Å². The maximum Gasteiger partial charge on any atom is 0.471 e. The zero-order valence-corrected chi connectivity index (χ0v) is 8.76. The summed E-state index contributed by atoms with van der Waals surface area (Å²) < 4.78 is 36.0. The number of nitrogens with one attached hydrogen (secondary N) is 1. The van der Waals surface area contributed by atoms with Gasteiger partial charge in [-0.05, 0) is 6.07 Å². The molecule has 1 aromatic heterocycles. The third-order valence-corrected chi connectivity index (χ3v) is 1.83. The third kappa shape index (κ3) is 3.14. The summed E-state index contributed by atoms with van der Waals surface area (Å²) in [4.78, 5) is 33.9. The lowest BCUT2D eigenvalue weighted by Gasteiger charge is -2.08. The van der Waals surface area contributed by atoms with Crippen molar-refractivity contribution in [3.8, 4) is 0 Å². The van der Waals surface area contributed by atoms with Crippen molar-refractivity contribution < 1.29 is 32.8 Å². The van der Waals surface area contributed by atoms with Gasteiger partial charge in [0.15, 0.2) is 0 Å². The van der Waals surface area contributed by atoms with Crippen LogP contribution in [0, 0.1) is 10.1 Å². The first kappa shape index (κ1) is 14.3. The van der Waals surface area contributed by atoms with Gasteiger partial charge >= 0.3 is 23.7 Å². The van der Waals surface area contributed by atoms with Crippen LogP contribution in [0.15, 0.2) is 12.3 Å². The van der Waals surface area contributed by atoms with E-state index in [0.717, 1.165) is 17.6 Å². The van der Waals surface area contributed by atoms with Gasteiger partial charge in [-0.15, -0.1) is 0 Å². The summed E-state index contributed by atoms with van der Waals surface area (Å²) in [7, 11) is 0. The molecule has 19 heavy (non-hydrogen) atoms. The number of aromatic carboxylic acids is 1. The van der Waals surface area contributed by atoms with Crippen LogP contribution in [0.4, 0.5) is 24.7 Å². The molecule has 0 unspecified atom stereocenters. The number of carbonyl (C=O) groups is 2. The van der Waals surface area contributed by atoms with Crippen LogP contribution in [-0.4, -0.2) is 33.1 Å². The fourth-order valence-corrected chi connectivity index (χ4v) is 1.08. The fraction of sp³-hybridized carbons (Fsp3) is 0.125. The monoisotopic (exact) mass is 279 g/mol. The molecule has 1 rings (SSSR count). The number of alkyl halides is 3. The van der Waals surface area contributed by atoms with Gasteiger partial charge in [0.2, 0.25) is 5.82 Å². The lowest BCUT2D eigenvalue weighted by Crippen LogP contribution is -2.30. The van der Waals surface area contributed by atoms with Crippen LogP contribution >= 0.6 is 0 Å².